The zero-order valence-corrected chi connectivity index (χ0v) is 16.3. The number of rotatable bonds is 5. The Morgan fingerprint density at radius 1 is 1.38 bits per heavy atom. The van der Waals surface area contributed by atoms with Gasteiger partial charge < -0.3 is 20.7 Å². The second kappa shape index (κ2) is 7.40. The summed E-state index contributed by atoms with van der Waals surface area (Å²) in [5, 5.41) is 3.06. The van der Waals surface area contributed by atoms with Crippen molar-refractivity contribution in [2.45, 2.75) is 39.2 Å². The van der Waals surface area contributed by atoms with Gasteiger partial charge in [0.05, 0.1) is 11.3 Å². The Morgan fingerprint density at radius 2 is 2.00 bits per heavy atom. The molecule has 1 fully saturated rings. The van der Waals surface area contributed by atoms with Gasteiger partial charge in [0, 0.05) is 31.6 Å². The molecule has 1 aliphatic rings. The fraction of sp³-hybridized carbons (Fsp3) is 0.500. The highest BCUT2D eigenvalue weighted by Crippen LogP contribution is 2.37. The summed E-state index contributed by atoms with van der Waals surface area (Å²) in [6.07, 6.45) is 1.47. The van der Waals surface area contributed by atoms with Gasteiger partial charge in [-0.25, -0.2) is 4.79 Å². The van der Waals surface area contributed by atoms with Crippen LogP contribution in [0, 0.1) is 5.92 Å². The Hall–Kier alpha value is -2.50. The van der Waals surface area contributed by atoms with E-state index >= 15 is 0 Å². The minimum atomic E-state index is -0.490. The minimum Gasteiger partial charge on any atom is -0.444 e. The number of hydrogen-bond acceptors (Lipinski definition) is 4. The molecule has 2 rings (SSSR count). The van der Waals surface area contributed by atoms with Crippen LogP contribution in [0.1, 0.15) is 55.1 Å². The van der Waals surface area contributed by atoms with Crippen molar-refractivity contribution in [1.82, 2.24) is 4.90 Å². The number of primary amides is 1. The molecule has 2 amide bonds. The van der Waals surface area contributed by atoms with Crippen molar-refractivity contribution < 1.29 is 14.3 Å². The Labute approximate surface area is 155 Å². The third-order valence-electron chi connectivity index (χ3n) is 4.76. The van der Waals surface area contributed by atoms with Crippen molar-refractivity contribution in [3.63, 3.8) is 0 Å². The number of likely N-dealkylation sites (tertiary alicyclic amines) is 1. The Balaban J connectivity index is 2.17. The third-order valence-corrected chi connectivity index (χ3v) is 4.76. The van der Waals surface area contributed by atoms with Crippen LogP contribution in [0.2, 0.25) is 0 Å². The summed E-state index contributed by atoms with van der Waals surface area (Å²) < 4.78 is 5.41. The van der Waals surface area contributed by atoms with Gasteiger partial charge in [-0.1, -0.05) is 25.6 Å². The van der Waals surface area contributed by atoms with Crippen LogP contribution >= 0.6 is 0 Å². The maximum absolute atomic E-state index is 12.1. The zero-order chi connectivity index (χ0) is 19.6. The van der Waals surface area contributed by atoms with E-state index in [1.807, 2.05) is 26.8 Å². The Morgan fingerprint density at radius 3 is 2.46 bits per heavy atom. The first-order valence-corrected chi connectivity index (χ1v) is 8.83. The van der Waals surface area contributed by atoms with Gasteiger partial charge in [-0.2, -0.15) is 0 Å². The van der Waals surface area contributed by atoms with Gasteiger partial charge >= 0.3 is 6.09 Å². The van der Waals surface area contributed by atoms with E-state index in [4.69, 9.17) is 10.5 Å². The molecule has 0 saturated carbocycles. The van der Waals surface area contributed by atoms with Crippen molar-refractivity contribution >= 4 is 23.8 Å². The second-order valence-corrected chi connectivity index (χ2v) is 7.74. The van der Waals surface area contributed by atoms with Crippen LogP contribution in [0.4, 0.5) is 10.5 Å². The van der Waals surface area contributed by atoms with Gasteiger partial charge in [-0.3, -0.25) is 4.79 Å². The Kier molecular flexibility index (Phi) is 5.64. The molecule has 0 bridgehead atoms. The predicted molar refractivity (Wildman–Crippen MR) is 104 cm³/mol. The molecule has 6 heteroatoms. The van der Waals surface area contributed by atoms with E-state index in [9.17, 15) is 9.59 Å². The molecule has 1 aromatic rings. The first-order chi connectivity index (χ1) is 12.1. The lowest BCUT2D eigenvalue weighted by atomic mass is 9.79. The van der Waals surface area contributed by atoms with Gasteiger partial charge in [0.2, 0.25) is 0 Å². The number of hydrogen-bond donors (Lipinski definition) is 2. The number of amides is 2. The van der Waals surface area contributed by atoms with Crippen molar-refractivity contribution in [1.29, 1.82) is 0 Å². The monoisotopic (exact) mass is 359 g/mol. The first-order valence-electron chi connectivity index (χ1n) is 8.83. The highest BCUT2D eigenvalue weighted by molar-refractivity contribution is 6.00. The van der Waals surface area contributed by atoms with Crippen LogP contribution in [0.25, 0.3) is 6.08 Å². The standard InChI is InChI=1S/C20H29N3O3/c1-7-14-15(8-9-16(18(21)24)17(14)22-6)12(2)13-10-23(11-13)19(25)26-20(3,4)5/h7-9,12-13,22H,1,10-11H2,2-6H3,(H2,21,24). The molecule has 1 aliphatic heterocycles. The van der Waals surface area contributed by atoms with Crippen LogP contribution in [-0.4, -0.2) is 42.6 Å². The van der Waals surface area contributed by atoms with Gasteiger partial charge in [0.25, 0.3) is 5.91 Å². The van der Waals surface area contributed by atoms with Crippen molar-refractivity contribution in [3.05, 3.63) is 35.4 Å². The number of anilines is 1. The topological polar surface area (TPSA) is 84.7 Å². The maximum Gasteiger partial charge on any atom is 0.410 e. The average molecular weight is 359 g/mol. The third kappa shape index (κ3) is 4.00. The molecule has 1 saturated heterocycles. The summed E-state index contributed by atoms with van der Waals surface area (Å²) in [7, 11) is 1.76. The molecule has 26 heavy (non-hydrogen) atoms. The minimum absolute atomic E-state index is 0.204. The number of ether oxygens (including phenoxy) is 1. The molecule has 142 valence electrons. The maximum atomic E-state index is 12.1. The van der Waals surface area contributed by atoms with Gasteiger partial charge in [-0.15, -0.1) is 0 Å². The molecule has 6 nitrogen and oxygen atoms in total. The average Bonchev–Trinajstić information content (AvgIpc) is 2.49. The first kappa shape index (κ1) is 19.8. The molecule has 0 spiro atoms. The largest absolute Gasteiger partial charge is 0.444 e. The molecule has 1 unspecified atom stereocenters. The molecule has 1 aromatic carbocycles. The highest BCUT2D eigenvalue weighted by atomic mass is 16.6. The molecular formula is C20H29N3O3. The quantitative estimate of drug-likeness (QED) is 0.843. The molecule has 0 aliphatic carbocycles. The van der Waals surface area contributed by atoms with Crippen LogP contribution < -0.4 is 11.1 Å². The number of nitrogens with two attached hydrogens (primary N) is 1. The van der Waals surface area contributed by atoms with E-state index in [-0.39, 0.29) is 12.0 Å². The lowest BCUT2D eigenvalue weighted by Gasteiger charge is -2.43. The van der Waals surface area contributed by atoms with Crippen molar-refractivity contribution in [3.8, 4) is 0 Å². The zero-order valence-electron chi connectivity index (χ0n) is 16.3. The van der Waals surface area contributed by atoms with Crippen LogP contribution in [0.5, 0.6) is 0 Å². The number of nitrogens with one attached hydrogen (secondary N) is 1. The van der Waals surface area contributed by atoms with Gasteiger partial charge in [0.15, 0.2) is 0 Å². The van der Waals surface area contributed by atoms with E-state index in [2.05, 4.69) is 18.8 Å². The fourth-order valence-electron chi connectivity index (χ4n) is 3.29. The second-order valence-electron chi connectivity index (χ2n) is 7.74. The van der Waals surface area contributed by atoms with Crippen molar-refractivity contribution in [2.24, 2.45) is 11.7 Å². The molecule has 0 radical (unpaired) electrons. The van der Waals surface area contributed by atoms with E-state index in [0.29, 0.717) is 30.3 Å². The molecular weight excluding hydrogens is 330 g/mol. The summed E-state index contributed by atoms with van der Waals surface area (Å²) >= 11 is 0. The summed E-state index contributed by atoms with van der Waals surface area (Å²) in [6, 6.07) is 3.68. The van der Waals surface area contributed by atoms with E-state index in [1.54, 1.807) is 24.1 Å². The van der Waals surface area contributed by atoms with Crippen LogP contribution in [0.3, 0.4) is 0 Å². The number of nitrogens with zero attached hydrogens (tertiary/aromatic N) is 1. The SMILES string of the molecule is C=Cc1c(C(C)C2CN(C(=O)OC(C)(C)C)C2)ccc(C(N)=O)c1NC. The predicted octanol–water partition coefficient (Wildman–Crippen LogP) is 3.44. The lowest BCUT2D eigenvalue weighted by molar-refractivity contribution is -0.00419. The summed E-state index contributed by atoms with van der Waals surface area (Å²) in [5.41, 5.74) is 8.09. The normalized spacial score (nSPS) is 15.8. The molecule has 1 atom stereocenters. The summed E-state index contributed by atoms with van der Waals surface area (Å²) in [6.45, 7) is 12.9. The number of benzene rings is 1. The molecule has 0 aromatic heterocycles. The van der Waals surface area contributed by atoms with Crippen molar-refractivity contribution in [2.75, 3.05) is 25.5 Å². The number of carbonyl (C=O) groups is 2. The smallest absolute Gasteiger partial charge is 0.410 e. The fourth-order valence-corrected chi connectivity index (χ4v) is 3.29. The van der Waals surface area contributed by atoms with Crippen LogP contribution in [-0.2, 0) is 4.74 Å². The van der Waals surface area contributed by atoms with E-state index in [0.717, 1.165) is 11.1 Å². The summed E-state index contributed by atoms with van der Waals surface area (Å²) in [4.78, 5) is 25.5. The summed E-state index contributed by atoms with van der Waals surface area (Å²) in [5.74, 6) is 0.0532. The van der Waals surface area contributed by atoms with Gasteiger partial charge in [0.1, 0.15) is 5.60 Å². The lowest BCUT2D eigenvalue weighted by Crippen LogP contribution is -2.53. The molecule has 1 heterocycles. The van der Waals surface area contributed by atoms with Crippen LogP contribution in [0.15, 0.2) is 18.7 Å². The highest BCUT2D eigenvalue weighted by Gasteiger charge is 2.37. The Bertz CT molecular complexity index is 716. The van der Waals surface area contributed by atoms with Gasteiger partial charge in [-0.05, 0) is 38.3 Å². The van der Waals surface area contributed by atoms with E-state index in [1.165, 1.54) is 0 Å². The molecule has 3 N–H and O–H groups in total. The van der Waals surface area contributed by atoms with E-state index < -0.39 is 11.5 Å². The number of carbonyl (C=O) groups excluding carboxylic acids is 2.